The molecule has 0 aliphatic heterocycles. The van der Waals surface area contributed by atoms with Gasteiger partial charge in [0.05, 0.1) is 22.0 Å². The molecule has 2 rings (SSSR count). The second-order valence-electron chi connectivity index (χ2n) is 5.29. The number of nitro groups is 1. The molecule has 132 valence electrons. The summed E-state index contributed by atoms with van der Waals surface area (Å²) in [6.45, 7) is 3.32. The molecule has 9 nitrogen and oxygen atoms in total. The Hall–Kier alpha value is -2.94. The molecule has 0 fully saturated rings. The third-order valence-corrected chi connectivity index (χ3v) is 3.72. The number of hydrogen-bond donors (Lipinski definition) is 1. The molecule has 0 spiro atoms. The van der Waals surface area contributed by atoms with Crippen LogP contribution in [0.15, 0.2) is 17.1 Å². The van der Waals surface area contributed by atoms with E-state index in [-0.39, 0.29) is 17.1 Å². The van der Waals surface area contributed by atoms with Gasteiger partial charge in [-0.15, -0.1) is 0 Å². The Labute approximate surface area is 148 Å². The van der Waals surface area contributed by atoms with E-state index in [9.17, 15) is 20.0 Å². The Morgan fingerprint density at radius 1 is 1.48 bits per heavy atom. The number of hydrogen-bond acceptors (Lipinski definition) is 6. The van der Waals surface area contributed by atoms with Crippen molar-refractivity contribution in [2.45, 2.75) is 13.8 Å². The number of carbonyl (C=O) groups excluding carboxylic acids is 1. The highest BCUT2D eigenvalue weighted by atomic mass is 35.5. The first-order valence-corrected chi connectivity index (χ1v) is 7.53. The molecule has 0 saturated carbocycles. The summed E-state index contributed by atoms with van der Waals surface area (Å²) < 4.78 is 1.64. The number of nitro benzene ring substituents is 1. The second kappa shape index (κ2) is 7.31. The third-order valence-electron chi connectivity index (χ3n) is 3.50. The van der Waals surface area contributed by atoms with E-state index < -0.39 is 22.3 Å². The fourth-order valence-corrected chi connectivity index (χ4v) is 2.41. The maximum Gasteiger partial charge on any atom is 0.263 e. The minimum Gasteiger partial charge on any atom is -0.867 e. The van der Waals surface area contributed by atoms with Crippen LogP contribution in [-0.2, 0) is 11.8 Å². The van der Waals surface area contributed by atoms with Gasteiger partial charge in [-0.2, -0.15) is 5.10 Å². The zero-order chi connectivity index (χ0) is 18.7. The van der Waals surface area contributed by atoms with Gasteiger partial charge in [0.25, 0.3) is 5.69 Å². The first kappa shape index (κ1) is 18.4. The van der Waals surface area contributed by atoms with Crippen LogP contribution in [0.4, 0.5) is 11.4 Å². The van der Waals surface area contributed by atoms with Crippen molar-refractivity contribution in [1.29, 1.82) is 0 Å². The summed E-state index contributed by atoms with van der Waals surface area (Å²) in [5.74, 6) is -1.21. The van der Waals surface area contributed by atoms with Crippen LogP contribution in [-0.4, -0.2) is 33.4 Å². The lowest BCUT2D eigenvalue weighted by atomic mass is 10.2. The zero-order valence-electron chi connectivity index (χ0n) is 13.7. The highest BCUT2D eigenvalue weighted by Crippen LogP contribution is 2.30. The summed E-state index contributed by atoms with van der Waals surface area (Å²) in [5.41, 5.74) is 1.37. The number of rotatable bonds is 5. The summed E-state index contributed by atoms with van der Waals surface area (Å²) in [7, 11) is 1.76. The number of amides is 1. The highest BCUT2D eigenvalue weighted by Gasteiger charge is 2.13. The van der Waals surface area contributed by atoms with Crippen LogP contribution < -0.4 is 10.4 Å². The van der Waals surface area contributed by atoms with E-state index in [4.69, 9.17) is 11.6 Å². The Balaban J connectivity index is 2.11. The van der Waals surface area contributed by atoms with Crippen molar-refractivity contribution in [2.75, 3.05) is 11.9 Å². The number of aliphatic imine (C=N–C) groups is 1. The zero-order valence-corrected chi connectivity index (χ0v) is 14.5. The lowest BCUT2D eigenvalue weighted by molar-refractivity contribution is -0.398. The van der Waals surface area contributed by atoms with Crippen molar-refractivity contribution in [1.82, 2.24) is 9.78 Å². The molecule has 0 atom stereocenters. The molecule has 0 saturated heterocycles. The average molecular weight is 365 g/mol. The first-order valence-electron chi connectivity index (χ1n) is 7.15. The largest absolute Gasteiger partial charge is 0.867 e. The van der Waals surface area contributed by atoms with Gasteiger partial charge in [-0.3, -0.25) is 24.6 Å². The van der Waals surface area contributed by atoms with Gasteiger partial charge in [-0.25, -0.2) is 0 Å². The van der Waals surface area contributed by atoms with Gasteiger partial charge in [0, 0.05) is 24.4 Å². The fraction of sp³-hybridized carbons (Fsp3) is 0.267. The second-order valence-corrected chi connectivity index (χ2v) is 5.72. The summed E-state index contributed by atoms with van der Waals surface area (Å²) in [6.07, 6.45) is 1.10. The van der Waals surface area contributed by atoms with Gasteiger partial charge in [0.15, 0.2) is 0 Å². The maximum atomic E-state index is 12.0. The molecule has 0 aliphatic carbocycles. The van der Waals surface area contributed by atoms with Crippen molar-refractivity contribution in [3.63, 3.8) is 0 Å². The van der Waals surface area contributed by atoms with Crippen molar-refractivity contribution in [2.24, 2.45) is 12.0 Å². The summed E-state index contributed by atoms with van der Waals surface area (Å²) in [4.78, 5) is 25.8. The molecule has 25 heavy (non-hydrogen) atoms. The van der Waals surface area contributed by atoms with Crippen LogP contribution >= 0.6 is 11.6 Å². The number of aryl methyl sites for hydroxylation is 2. The molecular formula is C15H15ClN5O4-. The van der Waals surface area contributed by atoms with Crippen molar-refractivity contribution >= 4 is 35.1 Å². The van der Waals surface area contributed by atoms with Gasteiger partial charge in [-0.1, -0.05) is 11.6 Å². The molecule has 1 amide bonds. The van der Waals surface area contributed by atoms with Crippen LogP contribution in [0.2, 0.25) is 5.02 Å². The van der Waals surface area contributed by atoms with Gasteiger partial charge < -0.3 is 10.4 Å². The molecule has 1 aromatic carbocycles. The van der Waals surface area contributed by atoms with E-state index in [1.165, 1.54) is 6.07 Å². The minimum absolute atomic E-state index is 0.0406. The van der Waals surface area contributed by atoms with Crippen LogP contribution in [0.5, 0.6) is 5.75 Å². The lowest BCUT2D eigenvalue weighted by Crippen LogP contribution is -2.16. The Morgan fingerprint density at radius 3 is 2.72 bits per heavy atom. The SMILES string of the molecule is Cc1nn(C)c(C)c1NC(=O)CN=Cc1cc(Cl)cc([N+](=O)[O-])c1[O-]. The number of anilines is 1. The third kappa shape index (κ3) is 4.13. The lowest BCUT2D eigenvalue weighted by Gasteiger charge is -2.10. The highest BCUT2D eigenvalue weighted by molar-refractivity contribution is 6.31. The van der Waals surface area contributed by atoms with E-state index >= 15 is 0 Å². The molecule has 1 aromatic heterocycles. The molecule has 1 N–H and O–H groups in total. The number of aromatic nitrogens is 2. The van der Waals surface area contributed by atoms with Gasteiger partial charge in [-0.05, 0) is 31.2 Å². The maximum absolute atomic E-state index is 12.0. The first-order chi connectivity index (χ1) is 11.7. The molecule has 0 radical (unpaired) electrons. The van der Waals surface area contributed by atoms with E-state index in [0.29, 0.717) is 11.4 Å². The standard InChI is InChI=1S/C15H16ClN5O4/c1-8-14(9(2)20(3)19-8)18-13(22)7-17-6-10-4-11(16)5-12(15(10)23)21(24)25/h4-6,23H,7H2,1-3H3,(H,18,22)/p-1. The Bertz CT molecular complexity index is 875. The van der Waals surface area contributed by atoms with E-state index in [1.807, 2.05) is 6.92 Å². The number of carbonyl (C=O) groups is 1. The monoisotopic (exact) mass is 364 g/mol. The predicted molar refractivity (Wildman–Crippen MR) is 91.3 cm³/mol. The van der Waals surface area contributed by atoms with Crippen LogP contribution in [0, 0.1) is 24.0 Å². The number of halogens is 1. The molecular weight excluding hydrogens is 350 g/mol. The quantitative estimate of drug-likeness (QED) is 0.491. The van der Waals surface area contributed by atoms with Crippen molar-refractivity contribution < 1.29 is 14.8 Å². The normalized spacial score (nSPS) is 11.0. The molecule has 0 aliphatic rings. The van der Waals surface area contributed by atoms with Gasteiger partial charge >= 0.3 is 0 Å². The van der Waals surface area contributed by atoms with E-state index in [1.54, 1.807) is 18.7 Å². The topological polar surface area (TPSA) is 125 Å². The molecule has 0 unspecified atom stereocenters. The van der Waals surface area contributed by atoms with Crippen molar-refractivity contribution in [3.8, 4) is 5.75 Å². The minimum atomic E-state index is -0.813. The van der Waals surface area contributed by atoms with Crippen LogP contribution in [0.25, 0.3) is 0 Å². The van der Waals surface area contributed by atoms with Gasteiger partial charge in [0.2, 0.25) is 5.91 Å². The number of nitrogens with one attached hydrogen (secondary N) is 1. The molecule has 0 bridgehead atoms. The summed E-state index contributed by atoms with van der Waals surface area (Å²) >= 11 is 5.76. The fourth-order valence-electron chi connectivity index (χ4n) is 2.19. The average Bonchev–Trinajstić information content (AvgIpc) is 2.76. The molecule has 2 aromatic rings. The van der Waals surface area contributed by atoms with Crippen LogP contribution in [0.1, 0.15) is 17.0 Å². The summed E-state index contributed by atoms with van der Waals surface area (Å²) in [5, 5.41) is 29.6. The Kier molecular flexibility index (Phi) is 5.38. The summed E-state index contributed by atoms with van der Waals surface area (Å²) in [6, 6.07) is 2.23. The van der Waals surface area contributed by atoms with Crippen LogP contribution in [0.3, 0.4) is 0 Å². The van der Waals surface area contributed by atoms with E-state index in [0.717, 1.165) is 18.0 Å². The predicted octanol–water partition coefficient (Wildman–Crippen LogP) is 1.73. The van der Waals surface area contributed by atoms with E-state index in [2.05, 4.69) is 15.4 Å². The molecule has 10 heteroatoms. The van der Waals surface area contributed by atoms with Gasteiger partial charge in [0.1, 0.15) is 6.54 Å². The number of nitrogens with zero attached hydrogens (tertiary/aromatic N) is 4. The number of benzene rings is 1. The Morgan fingerprint density at radius 2 is 2.16 bits per heavy atom. The van der Waals surface area contributed by atoms with Crippen molar-refractivity contribution in [3.05, 3.63) is 44.2 Å². The smallest absolute Gasteiger partial charge is 0.263 e. The molecule has 1 heterocycles.